The normalized spacial score (nSPS) is 22.5. The molecular formula is C10H18N2O. The Morgan fingerprint density at radius 2 is 2.31 bits per heavy atom. The Balaban J connectivity index is 2.27. The van der Waals surface area contributed by atoms with Crippen LogP contribution in [0.15, 0.2) is 4.99 Å². The predicted molar refractivity (Wildman–Crippen MR) is 54.0 cm³/mol. The molecule has 0 aromatic heterocycles. The fraction of sp³-hybridized carbons (Fsp3) is 0.800. The molecule has 1 amide bonds. The van der Waals surface area contributed by atoms with E-state index in [9.17, 15) is 4.79 Å². The highest BCUT2D eigenvalue weighted by atomic mass is 16.2. The molecule has 1 atom stereocenters. The fourth-order valence-electron chi connectivity index (χ4n) is 1.46. The second kappa shape index (κ2) is 5.00. The molecule has 0 bridgehead atoms. The third-order valence-electron chi connectivity index (χ3n) is 2.37. The third-order valence-corrected chi connectivity index (χ3v) is 2.37. The first-order valence-electron chi connectivity index (χ1n) is 5.06. The van der Waals surface area contributed by atoms with Crippen LogP contribution in [0.4, 0.5) is 0 Å². The zero-order valence-corrected chi connectivity index (χ0v) is 8.47. The number of amides is 1. The minimum Gasteiger partial charge on any atom is -0.346 e. The van der Waals surface area contributed by atoms with E-state index in [0.29, 0.717) is 5.71 Å². The summed E-state index contributed by atoms with van der Waals surface area (Å²) in [6.45, 7) is 4.71. The van der Waals surface area contributed by atoms with E-state index in [-0.39, 0.29) is 11.9 Å². The van der Waals surface area contributed by atoms with Crippen LogP contribution in [0.3, 0.4) is 0 Å². The summed E-state index contributed by atoms with van der Waals surface area (Å²) in [6, 6.07) is 0.280. The van der Waals surface area contributed by atoms with Gasteiger partial charge in [-0.2, -0.15) is 0 Å². The Bertz CT molecular complexity index is 211. The number of rotatable bonds is 4. The van der Waals surface area contributed by atoms with Crippen LogP contribution >= 0.6 is 0 Å². The molecule has 0 fully saturated rings. The zero-order chi connectivity index (χ0) is 9.68. The monoisotopic (exact) mass is 182 g/mol. The third kappa shape index (κ3) is 3.17. The number of aliphatic imine (C=N–C) groups is 1. The number of nitrogens with zero attached hydrogens (tertiary/aromatic N) is 1. The first-order valence-corrected chi connectivity index (χ1v) is 5.06. The zero-order valence-electron chi connectivity index (χ0n) is 8.47. The standard InChI is InChI=1S/C10H18N2O/c1-3-4-5-6-9-7-11-8(2)10(13)12-9/h9H,3-7H2,1-2H3,(H,12,13). The van der Waals surface area contributed by atoms with Gasteiger partial charge >= 0.3 is 0 Å². The molecule has 1 unspecified atom stereocenters. The van der Waals surface area contributed by atoms with E-state index in [4.69, 9.17) is 0 Å². The van der Waals surface area contributed by atoms with Gasteiger partial charge in [-0.25, -0.2) is 0 Å². The number of carbonyl (C=O) groups is 1. The Hall–Kier alpha value is -0.860. The van der Waals surface area contributed by atoms with Crippen molar-refractivity contribution in [3.8, 4) is 0 Å². The van der Waals surface area contributed by atoms with Crippen LogP contribution in [-0.4, -0.2) is 24.2 Å². The van der Waals surface area contributed by atoms with Crippen molar-refractivity contribution >= 4 is 11.6 Å². The maximum atomic E-state index is 11.2. The van der Waals surface area contributed by atoms with Crippen LogP contribution in [0.25, 0.3) is 0 Å². The summed E-state index contributed by atoms with van der Waals surface area (Å²) in [5.41, 5.74) is 0.617. The van der Waals surface area contributed by atoms with E-state index >= 15 is 0 Å². The van der Waals surface area contributed by atoms with E-state index in [1.807, 2.05) is 0 Å². The molecule has 0 aromatic rings. The van der Waals surface area contributed by atoms with Crippen LogP contribution in [0.1, 0.15) is 39.5 Å². The molecule has 1 N–H and O–H groups in total. The van der Waals surface area contributed by atoms with Crippen molar-refractivity contribution in [2.24, 2.45) is 4.99 Å². The van der Waals surface area contributed by atoms with Crippen LogP contribution in [0.2, 0.25) is 0 Å². The summed E-state index contributed by atoms with van der Waals surface area (Å²) in [5.74, 6) is 0.00717. The Kier molecular flexibility index (Phi) is 3.93. The lowest BCUT2D eigenvalue weighted by molar-refractivity contribution is -0.115. The predicted octanol–water partition coefficient (Wildman–Crippen LogP) is 1.53. The van der Waals surface area contributed by atoms with E-state index in [0.717, 1.165) is 13.0 Å². The second-order valence-electron chi connectivity index (χ2n) is 3.59. The molecule has 0 saturated heterocycles. The van der Waals surface area contributed by atoms with Crippen LogP contribution < -0.4 is 5.32 Å². The average Bonchev–Trinajstić information content (AvgIpc) is 2.12. The fourth-order valence-corrected chi connectivity index (χ4v) is 1.46. The Morgan fingerprint density at radius 3 is 2.92 bits per heavy atom. The highest BCUT2D eigenvalue weighted by molar-refractivity contribution is 6.38. The van der Waals surface area contributed by atoms with Gasteiger partial charge in [0.25, 0.3) is 5.91 Å². The topological polar surface area (TPSA) is 41.5 Å². The van der Waals surface area contributed by atoms with Crippen molar-refractivity contribution in [1.82, 2.24) is 5.32 Å². The van der Waals surface area contributed by atoms with Crippen molar-refractivity contribution in [2.75, 3.05) is 6.54 Å². The van der Waals surface area contributed by atoms with Crippen LogP contribution in [-0.2, 0) is 4.79 Å². The van der Waals surface area contributed by atoms with Crippen molar-refractivity contribution in [3.05, 3.63) is 0 Å². The van der Waals surface area contributed by atoms with Gasteiger partial charge in [-0.3, -0.25) is 9.79 Å². The van der Waals surface area contributed by atoms with E-state index < -0.39 is 0 Å². The molecule has 3 nitrogen and oxygen atoms in total. The summed E-state index contributed by atoms with van der Waals surface area (Å²) < 4.78 is 0. The average molecular weight is 182 g/mol. The summed E-state index contributed by atoms with van der Waals surface area (Å²) >= 11 is 0. The van der Waals surface area contributed by atoms with Crippen LogP contribution in [0, 0.1) is 0 Å². The Labute approximate surface area is 79.6 Å². The van der Waals surface area contributed by atoms with Crippen molar-refractivity contribution < 1.29 is 4.79 Å². The highest BCUT2D eigenvalue weighted by Gasteiger charge is 2.18. The van der Waals surface area contributed by atoms with E-state index in [1.54, 1.807) is 6.92 Å². The van der Waals surface area contributed by atoms with Crippen molar-refractivity contribution in [2.45, 2.75) is 45.6 Å². The SMILES string of the molecule is CCCCCC1CN=C(C)C(=O)N1. The lowest BCUT2D eigenvalue weighted by Gasteiger charge is -2.20. The summed E-state index contributed by atoms with van der Waals surface area (Å²) in [7, 11) is 0. The van der Waals surface area contributed by atoms with Crippen LogP contribution in [0.5, 0.6) is 0 Å². The van der Waals surface area contributed by atoms with Gasteiger partial charge in [-0.05, 0) is 13.3 Å². The largest absolute Gasteiger partial charge is 0.346 e. The van der Waals surface area contributed by atoms with Gasteiger partial charge in [-0.1, -0.05) is 26.2 Å². The minimum absolute atomic E-state index is 0.00717. The number of carbonyl (C=O) groups excluding carboxylic acids is 1. The maximum Gasteiger partial charge on any atom is 0.265 e. The smallest absolute Gasteiger partial charge is 0.265 e. The van der Waals surface area contributed by atoms with Gasteiger partial charge in [-0.15, -0.1) is 0 Å². The molecular weight excluding hydrogens is 164 g/mol. The molecule has 0 saturated carbocycles. The number of hydrogen-bond acceptors (Lipinski definition) is 2. The Morgan fingerprint density at radius 1 is 1.54 bits per heavy atom. The minimum atomic E-state index is 0.00717. The molecule has 0 radical (unpaired) electrons. The van der Waals surface area contributed by atoms with Crippen molar-refractivity contribution in [1.29, 1.82) is 0 Å². The van der Waals surface area contributed by atoms with E-state index in [1.165, 1.54) is 19.3 Å². The van der Waals surface area contributed by atoms with Gasteiger partial charge in [0.15, 0.2) is 0 Å². The van der Waals surface area contributed by atoms with Gasteiger partial charge in [0, 0.05) is 6.04 Å². The maximum absolute atomic E-state index is 11.2. The number of nitrogens with one attached hydrogen (secondary N) is 1. The summed E-state index contributed by atoms with van der Waals surface area (Å²) in [6.07, 6.45) is 4.73. The molecule has 0 aromatic carbocycles. The van der Waals surface area contributed by atoms with Crippen molar-refractivity contribution in [3.63, 3.8) is 0 Å². The summed E-state index contributed by atoms with van der Waals surface area (Å²) in [5, 5.41) is 2.96. The molecule has 74 valence electrons. The lowest BCUT2D eigenvalue weighted by Crippen LogP contribution is -2.44. The molecule has 1 aliphatic rings. The number of unbranched alkanes of at least 4 members (excludes halogenated alkanes) is 2. The van der Waals surface area contributed by atoms with Gasteiger partial charge in [0.1, 0.15) is 0 Å². The van der Waals surface area contributed by atoms with Gasteiger partial charge in [0.2, 0.25) is 0 Å². The molecule has 0 aliphatic carbocycles. The molecule has 1 aliphatic heterocycles. The molecule has 1 heterocycles. The highest BCUT2D eigenvalue weighted by Crippen LogP contribution is 2.06. The van der Waals surface area contributed by atoms with E-state index in [2.05, 4.69) is 17.2 Å². The molecule has 1 rings (SSSR count). The molecule has 3 heteroatoms. The van der Waals surface area contributed by atoms with Gasteiger partial charge in [0.05, 0.1) is 12.3 Å². The van der Waals surface area contributed by atoms with Gasteiger partial charge < -0.3 is 5.32 Å². The first-order chi connectivity index (χ1) is 6.24. The second-order valence-corrected chi connectivity index (χ2v) is 3.59. The lowest BCUT2D eigenvalue weighted by atomic mass is 10.1. The number of hydrogen-bond donors (Lipinski definition) is 1. The quantitative estimate of drug-likeness (QED) is 0.658. The molecule has 0 spiro atoms. The molecule has 13 heavy (non-hydrogen) atoms. The summed E-state index contributed by atoms with van der Waals surface area (Å²) in [4.78, 5) is 15.4. The first kappa shape index (κ1) is 10.2.